The summed E-state index contributed by atoms with van der Waals surface area (Å²) in [5.74, 6) is -1.24. The van der Waals surface area contributed by atoms with Gasteiger partial charge in [0.25, 0.3) is 0 Å². The average Bonchev–Trinajstić information content (AvgIpc) is 2.95. The monoisotopic (exact) mass is 318 g/mol. The number of aromatic nitrogens is 1. The van der Waals surface area contributed by atoms with Crippen molar-refractivity contribution in [1.82, 2.24) is 4.57 Å². The largest absolute Gasteiger partial charge is 0.478 e. The highest BCUT2D eigenvalue weighted by Crippen LogP contribution is 2.18. The lowest BCUT2D eigenvalue weighted by molar-refractivity contribution is -0.131. The van der Waals surface area contributed by atoms with Gasteiger partial charge in [-0.3, -0.25) is 4.79 Å². The zero-order valence-electron chi connectivity index (χ0n) is 11.9. The predicted molar refractivity (Wildman–Crippen MR) is 85.9 cm³/mol. The Hall–Kier alpha value is -2.53. The van der Waals surface area contributed by atoms with Crippen LogP contribution in [0.4, 0.5) is 5.69 Å². The molecular weight excluding hydrogens is 304 g/mol. The van der Waals surface area contributed by atoms with Crippen LogP contribution in [0.25, 0.3) is 6.08 Å². The zero-order valence-corrected chi connectivity index (χ0v) is 12.6. The summed E-state index contributed by atoms with van der Waals surface area (Å²) in [6, 6.07) is 9.83. The number of carboxylic acids is 1. The first kappa shape index (κ1) is 15.9. The number of hydrogen-bond acceptors (Lipinski definition) is 2. The third-order valence-corrected chi connectivity index (χ3v) is 3.37. The summed E-state index contributed by atoms with van der Waals surface area (Å²) in [5, 5.41) is 12.1. The number of rotatable bonds is 5. The molecule has 2 aromatic rings. The van der Waals surface area contributed by atoms with E-state index in [0.717, 1.165) is 6.08 Å². The smallest absolute Gasteiger partial charge is 0.328 e. The molecule has 1 aromatic carbocycles. The second kappa shape index (κ2) is 6.95. The van der Waals surface area contributed by atoms with Crippen LogP contribution in [-0.4, -0.2) is 21.6 Å². The van der Waals surface area contributed by atoms with Crippen LogP contribution in [0.2, 0.25) is 5.02 Å². The Morgan fingerprint density at radius 1 is 1.27 bits per heavy atom. The number of hydrogen-bond donors (Lipinski definition) is 2. The van der Waals surface area contributed by atoms with E-state index in [-0.39, 0.29) is 5.91 Å². The van der Waals surface area contributed by atoms with E-state index >= 15 is 0 Å². The van der Waals surface area contributed by atoms with Gasteiger partial charge in [-0.1, -0.05) is 11.6 Å². The van der Waals surface area contributed by atoms with Crippen molar-refractivity contribution in [1.29, 1.82) is 0 Å². The Morgan fingerprint density at radius 2 is 1.95 bits per heavy atom. The van der Waals surface area contributed by atoms with Crippen molar-refractivity contribution in [3.8, 4) is 0 Å². The summed E-state index contributed by atoms with van der Waals surface area (Å²) in [6.07, 6.45) is 4.22. The van der Waals surface area contributed by atoms with Crippen LogP contribution in [0.15, 0.2) is 48.7 Å². The maximum Gasteiger partial charge on any atom is 0.328 e. The minimum atomic E-state index is -1.04. The minimum absolute atomic E-state index is 0.205. The van der Waals surface area contributed by atoms with Crippen molar-refractivity contribution in [2.75, 3.05) is 5.32 Å². The lowest BCUT2D eigenvalue weighted by Gasteiger charge is -2.16. The van der Waals surface area contributed by atoms with Gasteiger partial charge in [0.1, 0.15) is 6.04 Å². The Kier molecular flexibility index (Phi) is 5.01. The molecule has 6 heteroatoms. The molecule has 1 amide bonds. The molecule has 1 unspecified atom stereocenters. The quantitative estimate of drug-likeness (QED) is 0.830. The summed E-state index contributed by atoms with van der Waals surface area (Å²) in [5.41, 5.74) is 1.29. The number of halogens is 1. The molecule has 0 fully saturated rings. The van der Waals surface area contributed by atoms with E-state index in [2.05, 4.69) is 5.32 Å². The Balaban J connectivity index is 2.12. The molecule has 1 aromatic heterocycles. The number of anilines is 1. The highest BCUT2D eigenvalue weighted by atomic mass is 35.5. The molecule has 22 heavy (non-hydrogen) atoms. The van der Waals surface area contributed by atoms with Crippen molar-refractivity contribution in [2.24, 2.45) is 0 Å². The molecule has 1 heterocycles. The summed E-state index contributed by atoms with van der Waals surface area (Å²) in [4.78, 5) is 22.9. The maximum atomic E-state index is 12.3. The van der Waals surface area contributed by atoms with Crippen molar-refractivity contribution in [3.05, 3.63) is 59.4 Å². The zero-order chi connectivity index (χ0) is 16.1. The number of carboxylic acid groups (broad SMARTS) is 1. The van der Waals surface area contributed by atoms with Gasteiger partial charge in [-0.15, -0.1) is 0 Å². The van der Waals surface area contributed by atoms with E-state index in [9.17, 15) is 9.59 Å². The van der Waals surface area contributed by atoms with Gasteiger partial charge in [0.15, 0.2) is 0 Å². The van der Waals surface area contributed by atoms with Crippen LogP contribution in [-0.2, 0) is 9.59 Å². The molecule has 0 saturated heterocycles. The Bertz CT molecular complexity index is 704. The molecule has 114 valence electrons. The summed E-state index contributed by atoms with van der Waals surface area (Å²) in [7, 11) is 0. The molecule has 2 rings (SSSR count). The first-order valence-corrected chi connectivity index (χ1v) is 6.99. The summed E-state index contributed by atoms with van der Waals surface area (Å²) < 4.78 is 1.70. The topological polar surface area (TPSA) is 71.3 Å². The van der Waals surface area contributed by atoms with Crippen LogP contribution in [0.5, 0.6) is 0 Å². The third kappa shape index (κ3) is 3.99. The number of carbonyl (C=O) groups is 2. The van der Waals surface area contributed by atoms with E-state index in [1.54, 1.807) is 54.1 Å². The van der Waals surface area contributed by atoms with Gasteiger partial charge in [-0.25, -0.2) is 4.79 Å². The number of amides is 1. The molecule has 1 atom stereocenters. The van der Waals surface area contributed by atoms with Gasteiger partial charge in [-0.2, -0.15) is 0 Å². The lowest BCUT2D eigenvalue weighted by atomic mass is 10.2. The van der Waals surface area contributed by atoms with Crippen LogP contribution in [0.3, 0.4) is 0 Å². The van der Waals surface area contributed by atoms with E-state index in [1.165, 1.54) is 6.08 Å². The molecule has 0 aliphatic heterocycles. The molecular formula is C16H15ClN2O3. The van der Waals surface area contributed by atoms with Gasteiger partial charge in [0.2, 0.25) is 5.91 Å². The number of benzene rings is 1. The molecule has 2 N–H and O–H groups in total. The highest BCUT2D eigenvalue weighted by molar-refractivity contribution is 6.30. The SMILES string of the molecule is CC(C(=O)Nc1ccc(Cl)cc1)n1cccc1/C=C/C(=O)O. The van der Waals surface area contributed by atoms with Gasteiger partial charge < -0.3 is 15.0 Å². The predicted octanol–water partition coefficient (Wildman–Crippen LogP) is 3.44. The van der Waals surface area contributed by atoms with Gasteiger partial charge in [-0.05, 0) is 49.4 Å². The Morgan fingerprint density at radius 3 is 2.59 bits per heavy atom. The number of aliphatic carboxylic acids is 1. The summed E-state index contributed by atoms with van der Waals surface area (Å²) in [6.45, 7) is 1.74. The normalized spacial score (nSPS) is 12.3. The number of nitrogens with one attached hydrogen (secondary N) is 1. The second-order valence-electron chi connectivity index (χ2n) is 4.68. The minimum Gasteiger partial charge on any atom is -0.478 e. The number of nitrogens with zero attached hydrogens (tertiary/aromatic N) is 1. The average molecular weight is 319 g/mol. The highest BCUT2D eigenvalue weighted by Gasteiger charge is 2.16. The molecule has 0 radical (unpaired) electrons. The fourth-order valence-electron chi connectivity index (χ4n) is 1.96. The molecule has 0 aliphatic rings. The van der Waals surface area contributed by atoms with E-state index in [0.29, 0.717) is 16.4 Å². The third-order valence-electron chi connectivity index (χ3n) is 3.12. The van der Waals surface area contributed by atoms with Gasteiger partial charge >= 0.3 is 5.97 Å². The first-order valence-electron chi connectivity index (χ1n) is 6.61. The van der Waals surface area contributed by atoms with Crippen LogP contribution >= 0.6 is 11.6 Å². The standard InChI is InChI=1S/C16H15ClN2O3/c1-11(16(22)18-13-6-4-12(17)5-7-13)19-10-2-3-14(19)8-9-15(20)21/h2-11H,1H3,(H,18,22)(H,20,21)/b9-8+. The van der Waals surface area contributed by atoms with Crippen molar-refractivity contribution in [3.63, 3.8) is 0 Å². The van der Waals surface area contributed by atoms with Crippen LogP contribution in [0.1, 0.15) is 18.7 Å². The van der Waals surface area contributed by atoms with Crippen molar-refractivity contribution < 1.29 is 14.7 Å². The molecule has 0 spiro atoms. The fraction of sp³-hybridized carbons (Fsp3) is 0.125. The van der Waals surface area contributed by atoms with E-state index in [1.807, 2.05) is 0 Å². The molecule has 0 aliphatic carbocycles. The lowest BCUT2D eigenvalue weighted by Crippen LogP contribution is -2.23. The van der Waals surface area contributed by atoms with Gasteiger partial charge in [0, 0.05) is 28.7 Å². The van der Waals surface area contributed by atoms with E-state index < -0.39 is 12.0 Å². The molecule has 0 bridgehead atoms. The summed E-state index contributed by atoms with van der Waals surface area (Å²) >= 11 is 5.80. The van der Waals surface area contributed by atoms with Crippen molar-refractivity contribution >= 4 is 35.2 Å². The van der Waals surface area contributed by atoms with Crippen molar-refractivity contribution in [2.45, 2.75) is 13.0 Å². The Labute approximate surface area is 132 Å². The molecule has 0 saturated carbocycles. The molecule has 5 nitrogen and oxygen atoms in total. The van der Waals surface area contributed by atoms with E-state index in [4.69, 9.17) is 16.7 Å². The fourth-order valence-corrected chi connectivity index (χ4v) is 2.09. The number of carbonyl (C=O) groups excluding carboxylic acids is 1. The van der Waals surface area contributed by atoms with Gasteiger partial charge in [0.05, 0.1) is 0 Å². The maximum absolute atomic E-state index is 12.3. The van der Waals surface area contributed by atoms with Crippen LogP contribution in [0, 0.1) is 0 Å². The second-order valence-corrected chi connectivity index (χ2v) is 5.12. The van der Waals surface area contributed by atoms with Crippen LogP contribution < -0.4 is 5.32 Å². The first-order chi connectivity index (χ1) is 10.5.